The Morgan fingerprint density at radius 2 is 1.50 bits per heavy atom. The first kappa shape index (κ1) is 11.9. The molecule has 0 atom stereocenters. The van der Waals surface area contributed by atoms with Crippen molar-refractivity contribution >= 4 is 17.5 Å². The summed E-state index contributed by atoms with van der Waals surface area (Å²) in [5.41, 5.74) is 7.28. The summed E-state index contributed by atoms with van der Waals surface area (Å²) in [4.78, 5) is 22.1. The molecule has 2 rings (SSSR count). The van der Waals surface area contributed by atoms with Gasteiger partial charge in [0.2, 0.25) is 0 Å². The maximum absolute atomic E-state index is 11.3. The van der Waals surface area contributed by atoms with Crippen LogP contribution in [0.3, 0.4) is 0 Å². The summed E-state index contributed by atoms with van der Waals surface area (Å²) >= 11 is 0. The number of primary amides is 1. The van der Waals surface area contributed by atoms with Gasteiger partial charge < -0.3 is 11.1 Å². The van der Waals surface area contributed by atoms with Crippen LogP contribution < -0.4 is 11.1 Å². The van der Waals surface area contributed by atoms with Gasteiger partial charge in [-0.1, -0.05) is 48.5 Å². The fourth-order valence-electron chi connectivity index (χ4n) is 1.65. The number of nitrogens with two attached hydrogens (primary N) is 1. The molecule has 0 aliphatic rings. The number of hydrogen-bond acceptors (Lipinski definition) is 2. The van der Waals surface area contributed by atoms with E-state index >= 15 is 0 Å². The predicted octanol–water partition coefficient (Wildman–Crippen LogP) is 1.78. The van der Waals surface area contributed by atoms with Crippen LogP contribution in [0.15, 0.2) is 54.6 Å². The summed E-state index contributed by atoms with van der Waals surface area (Å²) in [5, 5.41) is 2.49. The lowest BCUT2D eigenvalue weighted by Gasteiger charge is -2.09. The van der Waals surface area contributed by atoms with Gasteiger partial charge in [0.1, 0.15) is 0 Å². The summed E-state index contributed by atoms with van der Waals surface area (Å²) in [5.74, 6) is -1.82. The number of nitrogens with one attached hydrogen (secondary N) is 1. The Morgan fingerprint density at radius 1 is 0.889 bits per heavy atom. The molecule has 3 N–H and O–H groups in total. The van der Waals surface area contributed by atoms with Crippen LogP contribution in [0.2, 0.25) is 0 Å². The monoisotopic (exact) mass is 240 g/mol. The number of amides is 2. The summed E-state index contributed by atoms with van der Waals surface area (Å²) in [6.07, 6.45) is 0. The molecule has 0 fully saturated rings. The average Bonchev–Trinajstić information content (AvgIpc) is 2.40. The predicted molar refractivity (Wildman–Crippen MR) is 69.7 cm³/mol. The topological polar surface area (TPSA) is 72.2 Å². The smallest absolute Gasteiger partial charge is 0.313 e. The van der Waals surface area contributed by atoms with Crippen LogP contribution in [0, 0.1) is 0 Å². The van der Waals surface area contributed by atoms with Gasteiger partial charge in [0.25, 0.3) is 0 Å². The molecule has 90 valence electrons. The Labute approximate surface area is 104 Å². The lowest BCUT2D eigenvalue weighted by molar-refractivity contribution is -0.134. The van der Waals surface area contributed by atoms with Gasteiger partial charge in [0.05, 0.1) is 0 Å². The fraction of sp³-hybridized carbons (Fsp3) is 0. The van der Waals surface area contributed by atoms with Crippen molar-refractivity contribution < 1.29 is 9.59 Å². The van der Waals surface area contributed by atoms with E-state index in [2.05, 4.69) is 5.32 Å². The SMILES string of the molecule is NC(=O)C(=O)Nc1ccccc1-c1ccccc1. The summed E-state index contributed by atoms with van der Waals surface area (Å²) < 4.78 is 0. The largest absolute Gasteiger partial charge is 0.361 e. The molecule has 0 saturated carbocycles. The van der Waals surface area contributed by atoms with Crippen LogP contribution >= 0.6 is 0 Å². The minimum absolute atomic E-state index is 0.563. The third-order valence-electron chi connectivity index (χ3n) is 2.48. The number of carbonyl (C=O) groups excluding carboxylic acids is 2. The van der Waals surface area contributed by atoms with E-state index in [-0.39, 0.29) is 0 Å². The van der Waals surface area contributed by atoms with E-state index in [1.807, 2.05) is 42.5 Å². The van der Waals surface area contributed by atoms with E-state index in [1.54, 1.807) is 12.1 Å². The van der Waals surface area contributed by atoms with Crippen LogP contribution in [0.25, 0.3) is 11.1 Å². The molecule has 0 aliphatic carbocycles. The Balaban J connectivity index is 2.38. The molecule has 0 saturated heterocycles. The molecule has 0 unspecified atom stereocenters. The molecule has 2 aromatic rings. The number of anilines is 1. The van der Waals surface area contributed by atoms with Crippen molar-refractivity contribution in [3.63, 3.8) is 0 Å². The molecule has 0 heterocycles. The van der Waals surface area contributed by atoms with Crippen molar-refractivity contribution in [2.45, 2.75) is 0 Å². The van der Waals surface area contributed by atoms with Gasteiger partial charge in [0, 0.05) is 11.3 Å². The molecule has 0 aliphatic heterocycles. The molecule has 2 amide bonds. The highest BCUT2D eigenvalue weighted by molar-refractivity contribution is 6.39. The molecule has 2 aromatic carbocycles. The zero-order chi connectivity index (χ0) is 13.0. The van der Waals surface area contributed by atoms with Gasteiger partial charge in [-0.2, -0.15) is 0 Å². The van der Waals surface area contributed by atoms with E-state index in [1.165, 1.54) is 0 Å². The molecule has 4 nitrogen and oxygen atoms in total. The number of para-hydroxylation sites is 1. The summed E-state index contributed by atoms with van der Waals surface area (Å²) in [6.45, 7) is 0. The second-order valence-corrected chi connectivity index (χ2v) is 3.73. The minimum Gasteiger partial charge on any atom is -0.361 e. The Bertz CT molecular complexity index is 579. The fourth-order valence-corrected chi connectivity index (χ4v) is 1.65. The van der Waals surface area contributed by atoms with Crippen molar-refractivity contribution in [1.82, 2.24) is 0 Å². The van der Waals surface area contributed by atoms with E-state index in [0.29, 0.717) is 5.69 Å². The molecule has 4 heteroatoms. The van der Waals surface area contributed by atoms with Crippen molar-refractivity contribution in [2.75, 3.05) is 5.32 Å². The Morgan fingerprint density at radius 3 is 2.17 bits per heavy atom. The standard InChI is InChI=1S/C14H12N2O2/c15-13(17)14(18)16-12-9-5-4-8-11(12)10-6-2-1-3-7-10/h1-9H,(H2,15,17)(H,16,18). The third-order valence-corrected chi connectivity index (χ3v) is 2.48. The van der Waals surface area contributed by atoms with Crippen LogP contribution in [-0.2, 0) is 9.59 Å². The first-order valence-corrected chi connectivity index (χ1v) is 5.43. The summed E-state index contributed by atoms with van der Waals surface area (Å²) in [6, 6.07) is 16.8. The van der Waals surface area contributed by atoms with Gasteiger partial charge in [-0.05, 0) is 11.6 Å². The van der Waals surface area contributed by atoms with E-state index < -0.39 is 11.8 Å². The molecule has 0 bridgehead atoms. The van der Waals surface area contributed by atoms with Gasteiger partial charge in [0.15, 0.2) is 0 Å². The van der Waals surface area contributed by atoms with Gasteiger partial charge in [-0.15, -0.1) is 0 Å². The Hall–Kier alpha value is -2.62. The highest BCUT2D eigenvalue weighted by atomic mass is 16.2. The van der Waals surface area contributed by atoms with Gasteiger partial charge in [-0.3, -0.25) is 9.59 Å². The maximum atomic E-state index is 11.3. The average molecular weight is 240 g/mol. The second-order valence-electron chi connectivity index (χ2n) is 3.73. The Kier molecular flexibility index (Phi) is 3.38. The van der Waals surface area contributed by atoms with Gasteiger partial charge >= 0.3 is 11.8 Å². The normalized spacial score (nSPS) is 9.78. The van der Waals surface area contributed by atoms with E-state index in [0.717, 1.165) is 11.1 Å². The first-order valence-electron chi connectivity index (χ1n) is 5.43. The number of benzene rings is 2. The summed E-state index contributed by atoms with van der Waals surface area (Å²) in [7, 11) is 0. The molecular weight excluding hydrogens is 228 g/mol. The van der Waals surface area contributed by atoms with Crippen molar-refractivity contribution in [1.29, 1.82) is 0 Å². The van der Waals surface area contributed by atoms with Gasteiger partial charge in [-0.25, -0.2) is 0 Å². The van der Waals surface area contributed by atoms with Crippen LogP contribution in [0.1, 0.15) is 0 Å². The maximum Gasteiger partial charge on any atom is 0.313 e. The van der Waals surface area contributed by atoms with Crippen LogP contribution in [0.4, 0.5) is 5.69 Å². The highest BCUT2D eigenvalue weighted by Crippen LogP contribution is 2.27. The molecule has 0 radical (unpaired) electrons. The zero-order valence-corrected chi connectivity index (χ0v) is 9.59. The van der Waals surface area contributed by atoms with Crippen LogP contribution in [-0.4, -0.2) is 11.8 Å². The molecule has 0 aromatic heterocycles. The number of carbonyl (C=O) groups is 2. The minimum atomic E-state index is -1.00. The zero-order valence-electron chi connectivity index (χ0n) is 9.59. The first-order chi connectivity index (χ1) is 8.68. The van der Waals surface area contributed by atoms with E-state index in [4.69, 9.17) is 5.73 Å². The van der Waals surface area contributed by atoms with Crippen LogP contribution in [0.5, 0.6) is 0 Å². The second kappa shape index (κ2) is 5.14. The number of rotatable bonds is 2. The highest BCUT2D eigenvalue weighted by Gasteiger charge is 2.11. The van der Waals surface area contributed by atoms with Crippen molar-refractivity contribution in [2.24, 2.45) is 5.73 Å². The lowest BCUT2D eigenvalue weighted by Crippen LogP contribution is -2.29. The quantitative estimate of drug-likeness (QED) is 0.785. The number of hydrogen-bond donors (Lipinski definition) is 2. The van der Waals surface area contributed by atoms with E-state index in [9.17, 15) is 9.59 Å². The molecular formula is C14H12N2O2. The third kappa shape index (κ3) is 2.55. The van der Waals surface area contributed by atoms with Crippen molar-refractivity contribution in [3.8, 4) is 11.1 Å². The van der Waals surface area contributed by atoms with Crippen molar-refractivity contribution in [3.05, 3.63) is 54.6 Å². The lowest BCUT2D eigenvalue weighted by atomic mass is 10.0. The molecule has 18 heavy (non-hydrogen) atoms. The molecule has 0 spiro atoms.